The zero-order valence-corrected chi connectivity index (χ0v) is 18.6. The normalized spacial score (nSPS) is 11.8. The van der Waals surface area contributed by atoms with Crippen LogP contribution in [0.4, 0.5) is 0 Å². The molecule has 34 heavy (non-hydrogen) atoms. The molecule has 3 aromatic carbocycles. The molecule has 5 rings (SSSR count). The molecule has 8 nitrogen and oxygen atoms in total. The maximum absolute atomic E-state index is 12.9. The number of ether oxygens (including phenoxy) is 1. The number of aromatic nitrogens is 5. The van der Waals surface area contributed by atoms with Crippen molar-refractivity contribution in [1.82, 2.24) is 25.0 Å². The van der Waals surface area contributed by atoms with Gasteiger partial charge in [-0.1, -0.05) is 66.2 Å². The van der Waals surface area contributed by atoms with Gasteiger partial charge in [-0.3, -0.25) is 0 Å². The minimum absolute atomic E-state index is 0.0622. The van der Waals surface area contributed by atoms with Crippen molar-refractivity contribution in [2.24, 2.45) is 0 Å². The highest BCUT2D eigenvalue weighted by Gasteiger charge is 2.24. The van der Waals surface area contributed by atoms with Gasteiger partial charge in [0.1, 0.15) is 0 Å². The van der Waals surface area contributed by atoms with Crippen molar-refractivity contribution in [2.75, 3.05) is 0 Å². The lowest BCUT2D eigenvalue weighted by atomic mass is 10.1. The Morgan fingerprint density at radius 1 is 0.882 bits per heavy atom. The van der Waals surface area contributed by atoms with Crippen molar-refractivity contribution in [3.05, 3.63) is 102 Å². The van der Waals surface area contributed by atoms with Crippen molar-refractivity contribution in [1.29, 1.82) is 0 Å². The molecule has 0 aliphatic rings. The van der Waals surface area contributed by atoms with E-state index in [0.29, 0.717) is 11.7 Å². The van der Waals surface area contributed by atoms with Crippen LogP contribution in [-0.4, -0.2) is 30.9 Å². The quantitative estimate of drug-likeness (QED) is 0.327. The fourth-order valence-corrected chi connectivity index (χ4v) is 3.40. The predicted molar refractivity (Wildman–Crippen MR) is 125 cm³/mol. The second-order valence-corrected chi connectivity index (χ2v) is 7.73. The Labute approximate surface area is 195 Å². The van der Waals surface area contributed by atoms with Crippen LogP contribution in [0.5, 0.6) is 0 Å². The second-order valence-electron chi connectivity index (χ2n) is 7.73. The van der Waals surface area contributed by atoms with Crippen LogP contribution in [0, 0.1) is 6.92 Å². The Hall–Kier alpha value is -4.59. The molecule has 0 bridgehead atoms. The lowest BCUT2D eigenvalue weighted by Crippen LogP contribution is -2.11. The highest BCUT2D eigenvalue weighted by Crippen LogP contribution is 2.25. The lowest BCUT2D eigenvalue weighted by Gasteiger charge is -2.07. The number of benzene rings is 3. The summed E-state index contributed by atoms with van der Waals surface area (Å²) < 4.78 is 12.9. The Morgan fingerprint density at radius 3 is 2.26 bits per heavy atom. The Morgan fingerprint density at radius 2 is 1.56 bits per heavy atom. The topological polar surface area (TPSA) is 95.9 Å². The molecule has 0 saturated carbocycles. The molecular weight excluding hydrogens is 430 g/mol. The van der Waals surface area contributed by atoms with Gasteiger partial charge < -0.3 is 9.15 Å². The molecular formula is C26H21N5O3. The molecule has 2 aromatic heterocycles. The Kier molecular flexibility index (Phi) is 5.70. The summed E-state index contributed by atoms with van der Waals surface area (Å²) in [5.74, 6) is 0.332. The number of aryl methyl sites for hydroxylation is 1. The maximum atomic E-state index is 12.9. The van der Waals surface area contributed by atoms with Crippen LogP contribution in [-0.2, 0) is 4.74 Å². The van der Waals surface area contributed by atoms with Crippen LogP contribution < -0.4 is 0 Å². The van der Waals surface area contributed by atoms with E-state index >= 15 is 0 Å². The number of rotatable bonds is 6. The van der Waals surface area contributed by atoms with Crippen molar-refractivity contribution in [3.8, 4) is 28.5 Å². The molecule has 0 fully saturated rings. The molecule has 0 aliphatic carbocycles. The van der Waals surface area contributed by atoms with Crippen LogP contribution in [0.15, 0.2) is 89.3 Å². The average Bonchev–Trinajstić information content (AvgIpc) is 3.54. The van der Waals surface area contributed by atoms with Gasteiger partial charge >= 0.3 is 5.97 Å². The third-order valence-corrected chi connectivity index (χ3v) is 5.19. The fraction of sp³-hybridized carbons (Fsp3) is 0.115. The van der Waals surface area contributed by atoms with Crippen LogP contribution in [0.2, 0.25) is 0 Å². The summed E-state index contributed by atoms with van der Waals surface area (Å²) in [7, 11) is 0. The van der Waals surface area contributed by atoms with E-state index in [9.17, 15) is 4.79 Å². The van der Waals surface area contributed by atoms with Crippen LogP contribution >= 0.6 is 0 Å². The summed E-state index contributed by atoms with van der Waals surface area (Å²) in [4.78, 5) is 17.4. The molecule has 0 amide bonds. The molecule has 0 spiro atoms. The molecule has 8 heteroatoms. The number of carbonyl (C=O) groups excluding carboxylic acids is 1. The fourth-order valence-electron chi connectivity index (χ4n) is 3.40. The summed E-state index contributed by atoms with van der Waals surface area (Å²) in [6.07, 6.45) is -0.775. The standard InChI is InChI=1S/C26H21N5O3/c1-17-13-15-20(16-14-17)25-29-28-24(34-25)18(2)33-26(32)22-27-23(19-9-5-3-6-10-19)31(30-22)21-11-7-4-8-12-21/h3-16,18H,1-2H3. The van der Waals surface area contributed by atoms with Gasteiger partial charge in [0.25, 0.3) is 11.7 Å². The van der Waals surface area contributed by atoms with E-state index in [1.54, 1.807) is 11.6 Å². The minimum Gasteiger partial charge on any atom is -0.447 e. The van der Waals surface area contributed by atoms with E-state index in [1.165, 1.54) is 0 Å². The molecule has 5 aromatic rings. The van der Waals surface area contributed by atoms with Crippen LogP contribution in [0.3, 0.4) is 0 Å². The average molecular weight is 451 g/mol. The largest absolute Gasteiger partial charge is 0.447 e. The predicted octanol–water partition coefficient (Wildman–Crippen LogP) is 5.21. The van der Waals surface area contributed by atoms with Crippen LogP contribution in [0.1, 0.15) is 35.1 Å². The first-order chi connectivity index (χ1) is 16.6. The van der Waals surface area contributed by atoms with Crippen LogP contribution in [0.25, 0.3) is 28.5 Å². The molecule has 1 atom stereocenters. The molecule has 0 N–H and O–H groups in total. The SMILES string of the molecule is Cc1ccc(-c2nnc(C(C)OC(=O)c3nc(-c4ccccc4)n(-c4ccccc4)n3)o2)cc1. The smallest absolute Gasteiger partial charge is 0.379 e. The van der Waals surface area contributed by atoms with Gasteiger partial charge in [-0.05, 0) is 38.1 Å². The van der Waals surface area contributed by atoms with Crippen molar-refractivity contribution >= 4 is 5.97 Å². The monoisotopic (exact) mass is 451 g/mol. The first-order valence-electron chi connectivity index (χ1n) is 10.8. The van der Waals surface area contributed by atoms with Gasteiger partial charge in [0.2, 0.25) is 5.89 Å². The minimum atomic E-state index is -0.775. The first-order valence-corrected chi connectivity index (χ1v) is 10.8. The summed E-state index contributed by atoms with van der Waals surface area (Å²) in [6, 6.07) is 26.7. The highest BCUT2D eigenvalue weighted by molar-refractivity contribution is 5.86. The molecule has 0 radical (unpaired) electrons. The summed E-state index contributed by atoms with van der Waals surface area (Å²) in [5, 5.41) is 12.5. The highest BCUT2D eigenvalue weighted by atomic mass is 16.6. The maximum Gasteiger partial charge on any atom is 0.379 e. The number of para-hydroxylation sites is 1. The first kappa shape index (κ1) is 21.3. The van der Waals surface area contributed by atoms with E-state index in [4.69, 9.17) is 9.15 Å². The molecule has 2 heterocycles. The van der Waals surface area contributed by atoms with Gasteiger partial charge in [-0.25, -0.2) is 14.5 Å². The molecule has 0 saturated heterocycles. The van der Waals surface area contributed by atoms with Gasteiger partial charge in [0.15, 0.2) is 11.9 Å². The third-order valence-electron chi connectivity index (χ3n) is 5.19. The van der Waals surface area contributed by atoms with Gasteiger partial charge in [-0.15, -0.1) is 15.3 Å². The number of esters is 1. The van der Waals surface area contributed by atoms with E-state index < -0.39 is 12.1 Å². The van der Waals surface area contributed by atoms with Gasteiger partial charge in [0, 0.05) is 11.1 Å². The third kappa shape index (κ3) is 4.33. The summed E-state index contributed by atoms with van der Waals surface area (Å²) >= 11 is 0. The Balaban J connectivity index is 1.40. The van der Waals surface area contributed by atoms with E-state index in [-0.39, 0.29) is 11.7 Å². The lowest BCUT2D eigenvalue weighted by molar-refractivity contribution is 0.0265. The van der Waals surface area contributed by atoms with E-state index in [0.717, 1.165) is 22.4 Å². The molecule has 0 aliphatic heterocycles. The molecule has 1 unspecified atom stereocenters. The van der Waals surface area contributed by atoms with Crippen molar-refractivity contribution in [3.63, 3.8) is 0 Å². The number of nitrogens with zero attached hydrogens (tertiary/aromatic N) is 5. The van der Waals surface area contributed by atoms with Gasteiger partial charge in [0.05, 0.1) is 5.69 Å². The zero-order valence-electron chi connectivity index (χ0n) is 18.6. The number of hydrogen-bond acceptors (Lipinski definition) is 7. The Bertz CT molecular complexity index is 1350. The summed E-state index contributed by atoms with van der Waals surface area (Å²) in [6.45, 7) is 3.66. The number of hydrogen-bond donors (Lipinski definition) is 0. The molecule has 168 valence electrons. The summed E-state index contributed by atoms with van der Waals surface area (Å²) in [5.41, 5.74) is 3.52. The van der Waals surface area contributed by atoms with E-state index in [1.807, 2.05) is 91.9 Å². The van der Waals surface area contributed by atoms with E-state index in [2.05, 4.69) is 20.3 Å². The zero-order chi connectivity index (χ0) is 23.5. The number of carbonyl (C=O) groups is 1. The van der Waals surface area contributed by atoms with Gasteiger partial charge in [-0.2, -0.15) is 0 Å². The van der Waals surface area contributed by atoms with Crippen molar-refractivity contribution < 1.29 is 13.9 Å². The van der Waals surface area contributed by atoms with Crippen molar-refractivity contribution in [2.45, 2.75) is 20.0 Å². The second kappa shape index (κ2) is 9.11.